The van der Waals surface area contributed by atoms with Gasteiger partial charge in [0.2, 0.25) is 10.0 Å². The van der Waals surface area contributed by atoms with Gasteiger partial charge in [0.25, 0.3) is 0 Å². The largest absolute Gasteiger partial charge is 0.244 e. The van der Waals surface area contributed by atoms with Gasteiger partial charge in [-0.1, -0.05) is 12.5 Å². The molecule has 0 radical (unpaired) electrons. The first-order chi connectivity index (χ1) is 17.3. The minimum atomic E-state index is -3.90. The van der Waals surface area contributed by atoms with Crippen LogP contribution in [0, 0.1) is 39.8 Å². The van der Waals surface area contributed by atoms with E-state index in [2.05, 4.69) is 18.1 Å². The van der Waals surface area contributed by atoms with E-state index in [1.165, 1.54) is 46.3 Å². The lowest BCUT2D eigenvalue weighted by Crippen LogP contribution is -2.41. The number of benzene rings is 2. The third kappa shape index (κ3) is 4.01. The molecule has 36 heavy (non-hydrogen) atoms. The van der Waals surface area contributed by atoms with E-state index in [1.54, 1.807) is 12.1 Å². The Balaban J connectivity index is 1.43. The average molecular weight is 502 g/mol. The van der Waals surface area contributed by atoms with E-state index in [-0.39, 0.29) is 35.1 Å². The molecule has 0 unspecified atom stereocenters. The summed E-state index contributed by atoms with van der Waals surface area (Å²) in [6, 6.07) is 16.0. The van der Waals surface area contributed by atoms with E-state index in [1.807, 2.05) is 23.0 Å². The fourth-order valence-corrected chi connectivity index (χ4v) is 6.82. The van der Waals surface area contributed by atoms with Crippen LogP contribution < -0.4 is 0 Å². The first kappa shape index (κ1) is 23.9. The highest BCUT2D eigenvalue weighted by Crippen LogP contribution is 2.53. The zero-order chi connectivity index (χ0) is 25.5. The zero-order valence-corrected chi connectivity index (χ0v) is 20.5. The first-order valence-corrected chi connectivity index (χ1v) is 13.1. The van der Waals surface area contributed by atoms with Gasteiger partial charge in [-0.15, -0.1) is 0 Å². The van der Waals surface area contributed by atoms with Gasteiger partial charge in [0, 0.05) is 6.54 Å². The summed E-state index contributed by atoms with van der Waals surface area (Å²) < 4.78 is 43.3. The van der Waals surface area contributed by atoms with Crippen LogP contribution in [-0.2, 0) is 16.4 Å². The predicted octanol–water partition coefficient (Wildman–Crippen LogP) is 4.45. The lowest BCUT2D eigenvalue weighted by Gasteiger charge is -2.37. The monoisotopic (exact) mass is 501 g/mol. The number of nitriles is 2. The lowest BCUT2D eigenvalue weighted by molar-refractivity contribution is 0.228. The van der Waals surface area contributed by atoms with Crippen molar-refractivity contribution in [1.29, 1.82) is 10.5 Å². The number of rotatable bonds is 6. The Hall–Kier alpha value is -3.79. The second-order valence-electron chi connectivity index (χ2n) is 9.53. The molecule has 1 aromatic heterocycles. The molecule has 0 N–H and O–H groups in total. The minimum Gasteiger partial charge on any atom is -0.233 e. The van der Waals surface area contributed by atoms with Crippen molar-refractivity contribution in [1.82, 2.24) is 14.1 Å². The molecule has 9 heteroatoms. The van der Waals surface area contributed by atoms with E-state index in [0.29, 0.717) is 12.0 Å². The molecule has 5 rings (SSSR count). The maximum atomic E-state index is 13.4. The number of allylic oxidation sites excluding steroid dienone is 1. The molecule has 2 atom stereocenters. The Labute approximate surface area is 209 Å². The summed E-state index contributed by atoms with van der Waals surface area (Å²) in [5.41, 5.74) is 4.14. The van der Waals surface area contributed by atoms with Crippen molar-refractivity contribution < 1.29 is 12.8 Å². The Bertz CT molecular complexity index is 1530. The molecule has 0 bridgehead atoms. The molecule has 0 spiro atoms. The molecule has 0 aliphatic heterocycles. The molecule has 2 aromatic carbocycles. The molecule has 0 saturated heterocycles. The third-order valence-corrected chi connectivity index (χ3v) is 9.34. The molecule has 1 fully saturated rings. The van der Waals surface area contributed by atoms with Crippen LogP contribution in [0.4, 0.5) is 4.39 Å². The van der Waals surface area contributed by atoms with Crippen molar-refractivity contribution in [3.63, 3.8) is 0 Å². The maximum absolute atomic E-state index is 13.4. The topological polar surface area (TPSA) is 103 Å². The van der Waals surface area contributed by atoms with Gasteiger partial charge in [-0.2, -0.15) is 19.9 Å². The molecule has 3 aromatic rings. The first-order valence-electron chi connectivity index (χ1n) is 11.7. The van der Waals surface area contributed by atoms with Crippen molar-refractivity contribution in [2.24, 2.45) is 11.3 Å². The normalized spacial score (nSPS) is 20.8. The molecule has 7 nitrogen and oxygen atoms in total. The third-order valence-electron chi connectivity index (χ3n) is 7.52. The van der Waals surface area contributed by atoms with Crippen molar-refractivity contribution in [2.75, 3.05) is 13.1 Å². The predicted molar refractivity (Wildman–Crippen MR) is 132 cm³/mol. The smallest absolute Gasteiger partial charge is 0.233 e. The summed E-state index contributed by atoms with van der Waals surface area (Å²) in [4.78, 5) is 0.0715. The Morgan fingerprint density at radius 3 is 2.56 bits per heavy atom. The lowest BCUT2D eigenvalue weighted by atomic mass is 9.70. The number of aromatic nitrogens is 2. The second-order valence-corrected chi connectivity index (χ2v) is 11.5. The van der Waals surface area contributed by atoms with Crippen LogP contribution in [0.25, 0.3) is 11.8 Å². The number of hydrogen-bond donors (Lipinski definition) is 0. The van der Waals surface area contributed by atoms with E-state index in [9.17, 15) is 18.1 Å². The van der Waals surface area contributed by atoms with Crippen LogP contribution in [0.3, 0.4) is 0 Å². The van der Waals surface area contributed by atoms with Crippen molar-refractivity contribution in [3.05, 3.63) is 82.9 Å². The minimum absolute atomic E-state index is 0.0209. The molecule has 2 aliphatic rings. The highest BCUT2D eigenvalue weighted by Gasteiger charge is 2.47. The Morgan fingerprint density at radius 2 is 1.89 bits per heavy atom. The molecule has 182 valence electrons. The summed E-state index contributed by atoms with van der Waals surface area (Å²) in [5, 5.41) is 23.0. The van der Waals surface area contributed by atoms with Gasteiger partial charge in [-0.3, -0.25) is 0 Å². The highest BCUT2D eigenvalue weighted by molar-refractivity contribution is 7.89. The van der Waals surface area contributed by atoms with Crippen LogP contribution >= 0.6 is 0 Å². The Kier molecular flexibility index (Phi) is 5.99. The summed E-state index contributed by atoms with van der Waals surface area (Å²) in [7, 11) is -3.90. The van der Waals surface area contributed by atoms with Gasteiger partial charge < -0.3 is 0 Å². The van der Waals surface area contributed by atoms with Crippen molar-refractivity contribution >= 4 is 16.1 Å². The van der Waals surface area contributed by atoms with Gasteiger partial charge in [0.15, 0.2) is 0 Å². The molecule has 1 heterocycles. The fourth-order valence-electron chi connectivity index (χ4n) is 5.44. The number of halogens is 1. The molecular weight excluding hydrogens is 477 g/mol. The average Bonchev–Trinajstić information content (AvgIpc) is 3.42. The quantitative estimate of drug-likeness (QED) is 0.464. The SMILES string of the molecule is C[C@]12Cc3cnn(-c4ccc(F)cc4)c3C=C1CC[C@@H]2CN(CC#N)S(=O)(=O)c1ccc(C#N)cc1. The van der Waals surface area contributed by atoms with Crippen LogP contribution in [0.15, 0.2) is 65.2 Å². The van der Waals surface area contributed by atoms with Crippen molar-refractivity contribution in [2.45, 2.75) is 31.1 Å². The number of hydrogen-bond acceptors (Lipinski definition) is 5. The molecule has 2 aliphatic carbocycles. The van der Waals surface area contributed by atoms with E-state index >= 15 is 0 Å². The van der Waals surface area contributed by atoms with Crippen LogP contribution in [0.2, 0.25) is 0 Å². The molecule has 0 amide bonds. The fraction of sp³-hybridized carbons (Fsp3) is 0.296. The molecular formula is C27H24FN5O2S. The maximum Gasteiger partial charge on any atom is 0.244 e. The van der Waals surface area contributed by atoms with Gasteiger partial charge >= 0.3 is 0 Å². The number of sulfonamides is 1. The van der Waals surface area contributed by atoms with Gasteiger partial charge in [-0.25, -0.2) is 17.5 Å². The van der Waals surface area contributed by atoms with E-state index in [0.717, 1.165) is 29.8 Å². The Morgan fingerprint density at radius 1 is 1.17 bits per heavy atom. The highest BCUT2D eigenvalue weighted by atomic mass is 32.2. The molecule has 1 saturated carbocycles. The zero-order valence-electron chi connectivity index (χ0n) is 19.7. The second kappa shape index (κ2) is 9.02. The van der Waals surface area contributed by atoms with Crippen LogP contribution in [-0.4, -0.2) is 35.6 Å². The standard InChI is InChI=1S/C27H24FN5O2S/c1-27-15-20-17-31-33(24-8-6-23(28)7-9-24)26(20)14-21(27)4-5-22(27)18-32(13-12-29)36(34,35)25-10-2-19(16-30)3-11-25/h2-3,6-11,14,17,22H,4-5,13,15,18H2,1H3/t22-,27+/m1/s1. The van der Waals surface area contributed by atoms with E-state index < -0.39 is 10.0 Å². The van der Waals surface area contributed by atoms with E-state index in [4.69, 9.17) is 5.26 Å². The van der Waals surface area contributed by atoms with Crippen LogP contribution in [0.1, 0.15) is 36.6 Å². The number of fused-ring (bicyclic) bond motifs is 2. The van der Waals surface area contributed by atoms with Crippen LogP contribution in [0.5, 0.6) is 0 Å². The summed E-state index contributed by atoms with van der Waals surface area (Å²) in [5.74, 6) is -0.283. The van der Waals surface area contributed by atoms with Gasteiger partial charge in [0.1, 0.15) is 12.4 Å². The number of nitrogens with zero attached hydrogens (tertiary/aromatic N) is 5. The van der Waals surface area contributed by atoms with Crippen molar-refractivity contribution in [3.8, 4) is 17.8 Å². The van der Waals surface area contributed by atoms with Gasteiger partial charge in [-0.05, 0) is 90.8 Å². The summed E-state index contributed by atoms with van der Waals surface area (Å²) in [6.07, 6.45) is 6.30. The summed E-state index contributed by atoms with van der Waals surface area (Å²) >= 11 is 0. The summed E-state index contributed by atoms with van der Waals surface area (Å²) in [6.45, 7) is 2.14. The van der Waals surface area contributed by atoms with Gasteiger partial charge in [0.05, 0.1) is 40.2 Å².